The first-order chi connectivity index (χ1) is 11.7. The van der Waals surface area contributed by atoms with Gasteiger partial charge in [0.25, 0.3) is 5.91 Å². The zero-order valence-corrected chi connectivity index (χ0v) is 14.4. The minimum absolute atomic E-state index is 0.0510. The van der Waals surface area contributed by atoms with Gasteiger partial charge in [-0.1, -0.05) is 13.8 Å². The van der Waals surface area contributed by atoms with Crippen LogP contribution >= 0.6 is 0 Å². The molecule has 7 nitrogen and oxygen atoms in total. The Morgan fingerprint density at radius 1 is 1.38 bits per heavy atom. The van der Waals surface area contributed by atoms with Gasteiger partial charge in [-0.2, -0.15) is 5.10 Å². The zero-order chi connectivity index (χ0) is 17.1. The summed E-state index contributed by atoms with van der Waals surface area (Å²) in [6.45, 7) is 8.48. The molecule has 2 aromatic heterocycles. The number of fused-ring (bicyclic) bond motifs is 1. The van der Waals surface area contributed by atoms with Crippen LogP contribution < -0.4 is 0 Å². The van der Waals surface area contributed by atoms with Gasteiger partial charge in [0, 0.05) is 50.1 Å². The number of nitrogens with zero attached hydrogens (tertiary/aromatic N) is 5. The van der Waals surface area contributed by atoms with Crippen molar-refractivity contribution in [3.05, 3.63) is 29.7 Å². The smallest absolute Gasteiger partial charge is 0.259 e. The monoisotopic (exact) mass is 331 g/mol. The molecular weight excluding hydrogens is 306 g/mol. The van der Waals surface area contributed by atoms with Crippen molar-refractivity contribution in [3.63, 3.8) is 0 Å². The Morgan fingerprint density at radius 2 is 2.17 bits per heavy atom. The third-order valence-corrected chi connectivity index (χ3v) is 4.77. The summed E-state index contributed by atoms with van der Waals surface area (Å²) in [6.07, 6.45) is 6.21. The van der Waals surface area contributed by atoms with Gasteiger partial charge in [0.1, 0.15) is 5.56 Å². The molecule has 0 bridgehead atoms. The number of amides is 1. The van der Waals surface area contributed by atoms with Crippen LogP contribution in [0.15, 0.2) is 18.6 Å². The summed E-state index contributed by atoms with van der Waals surface area (Å²) >= 11 is 0. The largest absolute Gasteiger partial charge is 0.396 e. The molecule has 1 saturated heterocycles. The first kappa shape index (κ1) is 16.9. The Labute approximate surface area is 141 Å². The van der Waals surface area contributed by atoms with Crippen molar-refractivity contribution in [2.24, 2.45) is 5.92 Å². The first-order valence-electron chi connectivity index (χ1n) is 8.61. The lowest BCUT2D eigenvalue weighted by atomic mass is 10.1. The lowest BCUT2D eigenvalue weighted by Gasteiger charge is -2.17. The predicted octanol–water partition coefficient (Wildman–Crippen LogP) is 1.03. The Balaban J connectivity index is 1.79. The molecule has 0 radical (unpaired) electrons. The summed E-state index contributed by atoms with van der Waals surface area (Å²) in [4.78, 5) is 21.2. The average molecular weight is 331 g/mol. The Hall–Kier alpha value is -1.99. The molecule has 3 rings (SSSR count). The molecule has 1 fully saturated rings. The Morgan fingerprint density at radius 3 is 2.83 bits per heavy atom. The number of carbonyl (C=O) groups is 1. The van der Waals surface area contributed by atoms with Crippen molar-refractivity contribution in [1.82, 2.24) is 24.4 Å². The lowest BCUT2D eigenvalue weighted by Crippen LogP contribution is -2.29. The van der Waals surface area contributed by atoms with Crippen molar-refractivity contribution in [2.75, 3.05) is 32.8 Å². The number of hydrogen-bond acceptors (Lipinski definition) is 5. The molecule has 1 aliphatic rings. The SMILES string of the molecule is CCN(CC)Cc1cnc2c(C(=O)N3CC[C@H](CO)C3)cnn2c1. The van der Waals surface area contributed by atoms with Gasteiger partial charge >= 0.3 is 0 Å². The number of aromatic nitrogens is 3. The van der Waals surface area contributed by atoms with Crippen molar-refractivity contribution in [1.29, 1.82) is 0 Å². The molecule has 0 aromatic carbocycles. The van der Waals surface area contributed by atoms with Crippen molar-refractivity contribution >= 4 is 11.6 Å². The van der Waals surface area contributed by atoms with Gasteiger partial charge in [0.05, 0.1) is 6.20 Å². The number of hydrogen-bond donors (Lipinski definition) is 1. The standard InChI is InChI=1S/C17H25N5O2/c1-3-20(4-2)9-14-7-18-16-15(8-19-22(16)11-14)17(24)21-6-5-13(10-21)12-23/h7-8,11,13,23H,3-6,9-10,12H2,1-2H3/t13-/m0/s1. The molecular formula is C17H25N5O2. The van der Waals surface area contributed by atoms with Crippen LogP contribution in [0.5, 0.6) is 0 Å². The molecule has 3 heterocycles. The van der Waals surface area contributed by atoms with Gasteiger partial charge in [-0.25, -0.2) is 9.50 Å². The maximum atomic E-state index is 12.7. The summed E-state index contributed by atoms with van der Waals surface area (Å²) < 4.78 is 1.69. The van der Waals surface area contributed by atoms with E-state index in [1.54, 1.807) is 15.6 Å². The number of aliphatic hydroxyl groups is 1. The van der Waals surface area contributed by atoms with Crippen LogP contribution in [0.3, 0.4) is 0 Å². The molecule has 130 valence electrons. The van der Waals surface area contributed by atoms with Gasteiger partial charge in [-0.05, 0) is 19.5 Å². The van der Waals surface area contributed by atoms with Crippen LogP contribution in [0, 0.1) is 5.92 Å². The molecule has 0 unspecified atom stereocenters. The maximum Gasteiger partial charge on any atom is 0.259 e. The molecule has 1 amide bonds. The second-order valence-electron chi connectivity index (χ2n) is 6.34. The van der Waals surface area contributed by atoms with Crippen LogP contribution in [0.25, 0.3) is 5.65 Å². The summed E-state index contributed by atoms with van der Waals surface area (Å²) in [5, 5.41) is 13.5. The van der Waals surface area contributed by atoms with Crippen molar-refractivity contribution in [2.45, 2.75) is 26.8 Å². The van der Waals surface area contributed by atoms with Gasteiger partial charge in [-0.15, -0.1) is 0 Å². The van der Waals surface area contributed by atoms with Crippen molar-refractivity contribution < 1.29 is 9.90 Å². The molecule has 0 aliphatic carbocycles. The van der Waals surface area contributed by atoms with E-state index in [9.17, 15) is 9.90 Å². The highest BCUT2D eigenvalue weighted by Gasteiger charge is 2.28. The molecule has 1 atom stereocenters. The quantitative estimate of drug-likeness (QED) is 0.856. The average Bonchev–Trinajstić information content (AvgIpc) is 3.25. The van der Waals surface area contributed by atoms with Gasteiger partial charge < -0.3 is 10.0 Å². The normalized spacial score (nSPS) is 18.0. The number of aliphatic hydroxyl groups excluding tert-OH is 1. The second kappa shape index (κ2) is 7.27. The third kappa shape index (κ3) is 3.27. The van der Waals surface area contributed by atoms with Crippen molar-refractivity contribution in [3.8, 4) is 0 Å². The summed E-state index contributed by atoms with van der Waals surface area (Å²) in [7, 11) is 0. The molecule has 24 heavy (non-hydrogen) atoms. The van der Waals surface area contributed by atoms with Crippen LogP contribution in [-0.4, -0.2) is 68.2 Å². The number of likely N-dealkylation sites (tertiary alicyclic amines) is 1. The van der Waals surface area contributed by atoms with E-state index in [-0.39, 0.29) is 18.4 Å². The highest BCUT2D eigenvalue weighted by molar-refractivity contribution is 5.99. The zero-order valence-electron chi connectivity index (χ0n) is 14.4. The highest BCUT2D eigenvalue weighted by Crippen LogP contribution is 2.20. The number of rotatable bonds is 6. The van der Waals surface area contributed by atoms with Gasteiger partial charge in [0.15, 0.2) is 5.65 Å². The van der Waals surface area contributed by atoms with E-state index in [0.29, 0.717) is 24.3 Å². The Bertz CT molecular complexity index is 710. The minimum Gasteiger partial charge on any atom is -0.396 e. The number of carbonyl (C=O) groups excluding carboxylic acids is 1. The summed E-state index contributed by atoms with van der Waals surface area (Å²) in [6, 6.07) is 0. The minimum atomic E-state index is -0.0510. The van der Waals surface area contributed by atoms with Crippen LogP contribution in [0.1, 0.15) is 36.2 Å². The molecule has 7 heteroatoms. The summed E-state index contributed by atoms with van der Waals surface area (Å²) in [5.74, 6) is 0.134. The van der Waals surface area contributed by atoms with Crippen LogP contribution in [0.2, 0.25) is 0 Å². The van der Waals surface area contributed by atoms with Crippen LogP contribution in [-0.2, 0) is 6.54 Å². The van der Waals surface area contributed by atoms with E-state index in [0.717, 1.165) is 31.6 Å². The molecule has 1 aliphatic heterocycles. The van der Waals surface area contributed by atoms with E-state index in [1.165, 1.54) is 0 Å². The second-order valence-corrected chi connectivity index (χ2v) is 6.34. The van der Waals surface area contributed by atoms with Gasteiger partial charge in [-0.3, -0.25) is 9.69 Å². The molecule has 0 saturated carbocycles. The van der Waals surface area contributed by atoms with E-state index in [1.807, 2.05) is 12.4 Å². The predicted molar refractivity (Wildman–Crippen MR) is 90.7 cm³/mol. The lowest BCUT2D eigenvalue weighted by molar-refractivity contribution is 0.0783. The van der Waals surface area contributed by atoms with Gasteiger partial charge in [0.2, 0.25) is 0 Å². The summed E-state index contributed by atoms with van der Waals surface area (Å²) in [5.41, 5.74) is 2.20. The topological polar surface area (TPSA) is 74.0 Å². The fraction of sp³-hybridized carbons (Fsp3) is 0.588. The fourth-order valence-electron chi connectivity index (χ4n) is 3.19. The van der Waals surface area contributed by atoms with E-state index in [4.69, 9.17) is 0 Å². The molecule has 0 spiro atoms. The fourth-order valence-corrected chi connectivity index (χ4v) is 3.19. The van der Waals surface area contributed by atoms with E-state index >= 15 is 0 Å². The highest BCUT2D eigenvalue weighted by atomic mass is 16.3. The maximum absolute atomic E-state index is 12.7. The molecule has 1 N–H and O–H groups in total. The van der Waals surface area contributed by atoms with E-state index in [2.05, 4.69) is 28.8 Å². The van der Waals surface area contributed by atoms with E-state index < -0.39 is 0 Å². The van der Waals surface area contributed by atoms with Crippen LogP contribution in [0.4, 0.5) is 0 Å². The molecule has 2 aromatic rings. The Kier molecular flexibility index (Phi) is 5.11. The third-order valence-electron chi connectivity index (χ3n) is 4.77. The first-order valence-corrected chi connectivity index (χ1v) is 8.61.